The van der Waals surface area contributed by atoms with Gasteiger partial charge in [0.25, 0.3) is 0 Å². The highest BCUT2D eigenvalue weighted by Crippen LogP contribution is 2.56. The van der Waals surface area contributed by atoms with Gasteiger partial charge in [-0.05, 0) is 44.4 Å². The summed E-state index contributed by atoms with van der Waals surface area (Å²) >= 11 is 0. The lowest BCUT2D eigenvalue weighted by Crippen LogP contribution is -2.71. The van der Waals surface area contributed by atoms with Crippen molar-refractivity contribution in [2.45, 2.75) is 69.2 Å². The first-order valence-corrected chi connectivity index (χ1v) is 12.7. The number of hydrogen-bond acceptors (Lipinski definition) is 6. The van der Waals surface area contributed by atoms with E-state index in [2.05, 4.69) is 25.3 Å². The Morgan fingerprint density at radius 2 is 1.72 bits per heavy atom. The van der Waals surface area contributed by atoms with Gasteiger partial charge in [0.2, 0.25) is 0 Å². The topological polar surface area (TPSA) is 116 Å². The lowest BCUT2D eigenvalue weighted by atomic mass is 9.57. The molecule has 0 atom stereocenters. The van der Waals surface area contributed by atoms with Crippen LogP contribution in [-0.4, -0.2) is 83.2 Å². The fourth-order valence-corrected chi connectivity index (χ4v) is 6.91. The largest absolute Gasteiger partial charge is 0.396 e. The summed E-state index contributed by atoms with van der Waals surface area (Å²) in [6, 6.07) is 0.406. The standard InChI is InChI=1S/C23H29F3N8O2/c24-23(25,26)8-17-28-16(29-30-17)3-14-4-20(5-14)9-32(10-20)19(35)33-11-21(12-33)6-15(7-21)34-13-27-18(31-34)22(36)1-2-22/h13-15,36H,1-12H2,(H,28,29,30). The van der Waals surface area contributed by atoms with E-state index in [1.165, 1.54) is 0 Å². The number of nitrogens with one attached hydrogen (secondary N) is 1. The Kier molecular flexibility index (Phi) is 4.50. The fourth-order valence-electron chi connectivity index (χ4n) is 6.91. The first-order chi connectivity index (χ1) is 17.0. The van der Waals surface area contributed by atoms with Gasteiger partial charge >= 0.3 is 12.2 Å². The predicted octanol–water partition coefficient (Wildman–Crippen LogP) is 2.19. The molecule has 36 heavy (non-hydrogen) atoms. The van der Waals surface area contributed by atoms with Crippen molar-refractivity contribution in [1.29, 1.82) is 0 Å². The van der Waals surface area contributed by atoms with Gasteiger partial charge in [0, 0.05) is 43.4 Å². The van der Waals surface area contributed by atoms with Gasteiger partial charge in [-0.25, -0.2) is 19.4 Å². The smallest absolute Gasteiger partial charge is 0.382 e. The molecule has 13 heteroatoms. The Bertz CT molecular complexity index is 1180. The molecule has 3 aliphatic carbocycles. The molecule has 10 nitrogen and oxygen atoms in total. The highest BCUT2D eigenvalue weighted by atomic mass is 19.4. The zero-order chi connectivity index (χ0) is 24.9. The lowest BCUT2D eigenvalue weighted by molar-refractivity contribution is -0.128. The molecule has 2 aromatic rings. The molecule has 2 amide bonds. The van der Waals surface area contributed by atoms with Crippen molar-refractivity contribution in [2.24, 2.45) is 16.7 Å². The molecule has 0 radical (unpaired) electrons. The van der Waals surface area contributed by atoms with Gasteiger partial charge < -0.3 is 14.9 Å². The Morgan fingerprint density at radius 1 is 1.08 bits per heavy atom. The van der Waals surface area contributed by atoms with E-state index in [-0.39, 0.29) is 22.7 Å². The van der Waals surface area contributed by atoms with Crippen LogP contribution in [-0.2, 0) is 18.4 Å². The molecular weight excluding hydrogens is 477 g/mol. The number of H-pyrrole nitrogens is 1. The minimum atomic E-state index is -4.31. The zero-order valence-electron chi connectivity index (χ0n) is 19.8. The number of rotatable bonds is 5. The number of likely N-dealkylation sites (tertiary alicyclic amines) is 2. The number of urea groups is 1. The van der Waals surface area contributed by atoms with E-state index in [9.17, 15) is 23.1 Å². The van der Waals surface area contributed by atoms with E-state index in [4.69, 9.17) is 0 Å². The summed E-state index contributed by atoms with van der Waals surface area (Å²) in [5.41, 5.74) is -0.456. The summed E-state index contributed by atoms with van der Waals surface area (Å²) in [6.45, 7) is 3.08. The van der Waals surface area contributed by atoms with E-state index in [1.54, 1.807) is 6.33 Å². The van der Waals surface area contributed by atoms with Crippen LogP contribution in [0.4, 0.5) is 18.0 Å². The predicted molar refractivity (Wildman–Crippen MR) is 117 cm³/mol. The molecule has 4 heterocycles. The molecule has 2 spiro atoms. The molecule has 2 aliphatic heterocycles. The maximum absolute atomic E-state index is 12.9. The van der Waals surface area contributed by atoms with Crippen LogP contribution in [0.25, 0.3) is 0 Å². The highest BCUT2D eigenvalue weighted by Gasteiger charge is 2.59. The second-order valence-corrected chi connectivity index (χ2v) is 12.1. The number of aliphatic hydroxyl groups is 1. The van der Waals surface area contributed by atoms with Crippen LogP contribution in [0.15, 0.2) is 6.33 Å². The third-order valence-electron chi connectivity index (χ3n) is 8.87. The van der Waals surface area contributed by atoms with Gasteiger partial charge in [0.1, 0.15) is 24.2 Å². The van der Waals surface area contributed by atoms with E-state index >= 15 is 0 Å². The van der Waals surface area contributed by atoms with Gasteiger partial charge in [0.15, 0.2) is 11.6 Å². The van der Waals surface area contributed by atoms with Gasteiger partial charge in [-0.1, -0.05) is 0 Å². The Balaban J connectivity index is 0.833. The summed E-state index contributed by atoms with van der Waals surface area (Å²) in [4.78, 5) is 25.0. The van der Waals surface area contributed by atoms with Crippen LogP contribution < -0.4 is 0 Å². The number of aromatic nitrogens is 6. The fraction of sp³-hybridized carbons (Fsp3) is 0.783. The number of aromatic amines is 1. The number of hydrogen-bond donors (Lipinski definition) is 2. The summed E-state index contributed by atoms with van der Waals surface area (Å²) in [5.74, 6) is 1.20. The summed E-state index contributed by atoms with van der Waals surface area (Å²) < 4.78 is 39.3. The van der Waals surface area contributed by atoms with Crippen LogP contribution in [0.3, 0.4) is 0 Å². The first-order valence-electron chi connectivity index (χ1n) is 12.7. The maximum Gasteiger partial charge on any atom is 0.396 e. The molecular formula is C23H29F3N8O2. The van der Waals surface area contributed by atoms with E-state index < -0.39 is 18.2 Å². The molecule has 5 fully saturated rings. The van der Waals surface area contributed by atoms with Crippen molar-refractivity contribution < 1.29 is 23.1 Å². The van der Waals surface area contributed by atoms with Gasteiger partial charge in [-0.15, -0.1) is 0 Å². The normalized spacial score (nSPS) is 25.9. The van der Waals surface area contributed by atoms with Crippen molar-refractivity contribution in [2.75, 3.05) is 26.2 Å². The number of halogens is 3. The van der Waals surface area contributed by atoms with Crippen molar-refractivity contribution in [3.05, 3.63) is 23.8 Å². The van der Waals surface area contributed by atoms with Crippen molar-refractivity contribution >= 4 is 6.03 Å². The molecule has 0 aromatic carbocycles. The molecule has 2 aromatic heterocycles. The number of amides is 2. The van der Waals surface area contributed by atoms with Crippen molar-refractivity contribution in [3.8, 4) is 0 Å². The van der Waals surface area contributed by atoms with Crippen LogP contribution >= 0.6 is 0 Å². The van der Waals surface area contributed by atoms with E-state index in [0.29, 0.717) is 30.0 Å². The average Bonchev–Trinajstić information content (AvgIpc) is 3.07. The van der Waals surface area contributed by atoms with Gasteiger partial charge in [-0.2, -0.15) is 23.4 Å². The maximum atomic E-state index is 12.9. The molecule has 0 bridgehead atoms. The summed E-state index contributed by atoms with van der Waals surface area (Å²) in [6.07, 6.45) is 2.26. The quantitative estimate of drug-likeness (QED) is 0.643. The SMILES string of the molecule is O=C(N1CC2(CC(Cc3nc(CC(F)(F)F)n[nH]3)C2)C1)N1CC2(CC(n3cnc(C4(O)CC4)n3)C2)C1. The summed E-state index contributed by atoms with van der Waals surface area (Å²) in [7, 11) is 0. The van der Waals surface area contributed by atoms with Crippen molar-refractivity contribution in [3.63, 3.8) is 0 Å². The van der Waals surface area contributed by atoms with Crippen molar-refractivity contribution in [1.82, 2.24) is 39.7 Å². The Hall–Kier alpha value is -2.70. The number of carbonyl (C=O) groups excluding carboxylic acids is 1. The zero-order valence-corrected chi connectivity index (χ0v) is 19.8. The van der Waals surface area contributed by atoms with Crippen LogP contribution in [0, 0.1) is 16.7 Å². The molecule has 0 unspecified atom stereocenters. The number of carbonyl (C=O) groups is 1. The number of alkyl halides is 3. The number of nitrogens with zero attached hydrogens (tertiary/aromatic N) is 7. The molecule has 5 aliphatic rings. The molecule has 2 saturated heterocycles. The Morgan fingerprint density at radius 3 is 2.33 bits per heavy atom. The molecule has 2 N–H and O–H groups in total. The van der Waals surface area contributed by atoms with Gasteiger partial charge in [-0.3, -0.25) is 5.10 Å². The summed E-state index contributed by atoms with van der Waals surface area (Å²) in [5, 5.41) is 21.0. The highest BCUT2D eigenvalue weighted by molar-refractivity contribution is 5.77. The average molecular weight is 507 g/mol. The third kappa shape index (κ3) is 3.77. The first kappa shape index (κ1) is 22.5. The minimum absolute atomic E-state index is 0.115. The molecule has 3 saturated carbocycles. The van der Waals surface area contributed by atoms with Crippen LogP contribution in [0.1, 0.15) is 62.0 Å². The van der Waals surface area contributed by atoms with Crippen LogP contribution in [0.5, 0.6) is 0 Å². The van der Waals surface area contributed by atoms with Gasteiger partial charge in [0.05, 0.1) is 6.04 Å². The van der Waals surface area contributed by atoms with E-state index in [0.717, 1.165) is 64.7 Å². The molecule has 7 rings (SSSR count). The molecule has 194 valence electrons. The third-order valence-corrected chi connectivity index (χ3v) is 8.87. The minimum Gasteiger partial charge on any atom is -0.382 e. The van der Waals surface area contributed by atoms with E-state index in [1.807, 2.05) is 14.5 Å². The Labute approximate surface area is 205 Å². The second-order valence-electron chi connectivity index (χ2n) is 12.1. The second kappa shape index (κ2) is 7.20. The lowest BCUT2D eigenvalue weighted by Gasteiger charge is -2.63. The van der Waals surface area contributed by atoms with Crippen LogP contribution in [0.2, 0.25) is 0 Å². The monoisotopic (exact) mass is 506 g/mol.